The lowest BCUT2D eigenvalue weighted by molar-refractivity contribution is -0.122. The number of carbonyl (C=O) groups is 3. The SMILES string of the molecule is O=C1NC(=O)N(c2ccc(Cl)cc2)C(=O)/C1=C/c1cc(Br)cc(Br)c1OCc1cccc(F)c1. The van der Waals surface area contributed by atoms with Crippen LogP contribution in [-0.4, -0.2) is 17.8 Å². The maximum atomic E-state index is 13.5. The van der Waals surface area contributed by atoms with Crippen LogP contribution in [0.15, 0.2) is 75.2 Å². The van der Waals surface area contributed by atoms with E-state index in [9.17, 15) is 18.8 Å². The van der Waals surface area contributed by atoms with Crippen LogP contribution in [0, 0.1) is 5.82 Å². The van der Waals surface area contributed by atoms with Crippen LogP contribution in [0.5, 0.6) is 5.75 Å². The minimum Gasteiger partial charge on any atom is -0.487 e. The Bertz CT molecular complexity index is 1350. The van der Waals surface area contributed by atoms with Crippen molar-refractivity contribution in [3.05, 3.63) is 97.1 Å². The Labute approximate surface area is 215 Å². The van der Waals surface area contributed by atoms with Crippen molar-refractivity contribution in [2.24, 2.45) is 0 Å². The third kappa shape index (κ3) is 5.22. The second-order valence-electron chi connectivity index (χ2n) is 7.16. The zero-order chi connectivity index (χ0) is 24.4. The van der Waals surface area contributed by atoms with Gasteiger partial charge in [0.2, 0.25) is 0 Å². The third-order valence-corrected chi connectivity index (χ3v) is 6.09. The molecule has 10 heteroatoms. The number of benzene rings is 3. The molecule has 1 N–H and O–H groups in total. The van der Waals surface area contributed by atoms with E-state index in [4.69, 9.17) is 16.3 Å². The van der Waals surface area contributed by atoms with E-state index >= 15 is 0 Å². The molecule has 34 heavy (non-hydrogen) atoms. The first-order chi connectivity index (χ1) is 16.2. The largest absolute Gasteiger partial charge is 0.487 e. The molecule has 0 spiro atoms. The number of barbiturate groups is 1. The zero-order valence-corrected chi connectivity index (χ0v) is 21.1. The van der Waals surface area contributed by atoms with Gasteiger partial charge < -0.3 is 4.74 Å². The van der Waals surface area contributed by atoms with Gasteiger partial charge in [0, 0.05) is 15.1 Å². The first kappa shape index (κ1) is 24.1. The molecule has 3 aromatic carbocycles. The van der Waals surface area contributed by atoms with Crippen LogP contribution in [0.4, 0.5) is 14.9 Å². The normalized spacial score (nSPS) is 15.0. The highest BCUT2D eigenvalue weighted by atomic mass is 79.9. The van der Waals surface area contributed by atoms with Crippen LogP contribution in [0.2, 0.25) is 5.02 Å². The van der Waals surface area contributed by atoms with Crippen LogP contribution in [0.25, 0.3) is 6.08 Å². The summed E-state index contributed by atoms with van der Waals surface area (Å²) in [5.74, 6) is -1.71. The Morgan fingerprint density at radius 2 is 1.76 bits per heavy atom. The Hall–Kier alpha value is -3.01. The summed E-state index contributed by atoms with van der Waals surface area (Å²) in [6.07, 6.45) is 1.34. The number of nitrogens with one attached hydrogen (secondary N) is 1. The van der Waals surface area contributed by atoms with Gasteiger partial charge in [0.1, 0.15) is 23.7 Å². The van der Waals surface area contributed by atoms with E-state index in [1.807, 2.05) is 0 Å². The Balaban J connectivity index is 1.71. The minimum atomic E-state index is -0.868. The van der Waals surface area contributed by atoms with E-state index in [1.165, 1.54) is 42.5 Å². The van der Waals surface area contributed by atoms with Gasteiger partial charge in [-0.05, 0) is 76.1 Å². The summed E-state index contributed by atoms with van der Waals surface area (Å²) in [6, 6.07) is 14.5. The van der Waals surface area contributed by atoms with Crippen molar-refractivity contribution < 1.29 is 23.5 Å². The van der Waals surface area contributed by atoms with E-state index in [1.54, 1.807) is 24.3 Å². The molecule has 0 aromatic heterocycles. The van der Waals surface area contributed by atoms with Crippen molar-refractivity contribution in [3.63, 3.8) is 0 Å². The second kappa shape index (κ2) is 10.1. The number of carbonyl (C=O) groups excluding carboxylic acids is 3. The standard InChI is InChI=1S/C24H14Br2ClFN2O4/c25-15-9-14(21(20(26)11-15)34-12-13-2-1-3-17(28)8-13)10-19-22(31)29-24(33)30(23(19)32)18-6-4-16(27)5-7-18/h1-11H,12H2,(H,29,31,33)/b19-10+. The number of hydrogen-bond donors (Lipinski definition) is 1. The average Bonchev–Trinajstić information content (AvgIpc) is 2.77. The lowest BCUT2D eigenvalue weighted by Gasteiger charge is -2.26. The molecule has 0 aliphatic carbocycles. The molecule has 1 aliphatic rings. The molecular formula is C24H14Br2ClFN2O4. The second-order valence-corrected chi connectivity index (χ2v) is 9.37. The molecule has 0 bridgehead atoms. The van der Waals surface area contributed by atoms with Crippen LogP contribution < -0.4 is 15.0 Å². The highest BCUT2D eigenvalue weighted by molar-refractivity contribution is 9.11. The van der Waals surface area contributed by atoms with Crippen molar-refractivity contribution in [1.29, 1.82) is 0 Å². The highest BCUT2D eigenvalue weighted by Gasteiger charge is 2.37. The number of amides is 4. The predicted molar refractivity (Wildman–Crippen MR) is 133 cm³/mol. The Kier molecular flexibility index (Phi) is 7.16. The summed E-state index contributed by atoms with van der Waals surface area (Å²) in [5, 5.41) is 2.61. The summed E-state index contributed by atoms with van der Waals surface area (Å²) in [5.41, 5.74) is 0.972. The van der Waals surface area contributed by atoms with Gasteiger partial charge in [-0.1, -0.05) is 39.7 Å². The van der Waals surface area contributed by atoms with Crippen LogP contribution in [0.1, 0.15) is 11.1 Å². The van der Waals surface area contributed by atoms with Gasteiger partial charge in [0.15, 0.2) is 0 Å². The van der Waals surface area contributed by atoms with Gasteiger partial charge in [-0.15, -0.1) is 0 Å². The van der Waals surface area contributed by atoms with Crippen molar-refractivity contribution >= 4 is 73.1 Å². The van der Waals surface area contributed by atoms with Crippen LogP contribution in [-0.2, 0) is 16.2 Å². The smallest absolute Gasteiger partial charge is 0.335 e. The quantitative estimate of drug-likeness (QED) is 0.275. The van der Waals surface area contributed by atoms with E-state index in [0.29, 0.717) is 30.8 Å². The topological polar surface area (TPSA) is 75.7 Å². The summed E-state index contributed by atoms with van der Waals surface area (Å²) in [6.45, 7) is 0.0453. The first-order valence-electron chi connectivity index (χ1n) is 9.76. The molecule has 1 saturated heterocycles. The number of hydrogen-bond acceptors (Lipinski definition) is 4. The van der Waals surface area contributed by atoms with E-state index in [-0.39, 0.29) is 17.9 Å². The van der Waals surface area contributed by atoms with Crippen LogP contribution >= 0.6 is 43.5 Å². The molecular weight excluding hydrogens is 595 g/mol. The summed E-state index contributed by atoms with van der Waals surface area (Å²) >= 11 is 12.7. The van der Waals surface area contributed by atoms with Crippen LogP contribution in [0.3, 0.4) is 0 Å². The van der Waals surface area contributed by atoms with Gasteiger partial charge in [-0.25, -0.2) is 14.1 Å². The average molecular weight is 609 g/mol. The number of ether oxygens (including phenoxy) is 1. The van der Waals surface area contributed by atoms with E-state index in [2.05, 4.69) is 37.2 Å². The predicted octanol–water partition coefficient (Wildman–Crippen LogP) is 6.25. The molecule has 0 unspecified atom stereocenters. The maximum Gasteiger partial charge on any atom is 0.335 e. The molecule has 3 aromatic rings. The first-order valence-corrected chi connectivity index (χ1v) is 11.7. The minimum absolute atomic E-state index is 0.0453. The number of nitrogens with zero attached hydrogens (tertiary/aromatic N) is 1. The van der Waals surface area contributed by atoms with Crippen molar-refractivity contribution in [3.8, 4) is 5.75 Å². The van der Waals surface area contributed by atoms with E-state index < -0.39 is 23.7 Å². The van der Waals surface area contributed by atoms with Gasteiger partial charge in [-0.3, -0.25) is 14.9 Å². The lowest BCUT2D eigenvalue weighted by Crippen LogP contribution is -2.54. The Morgan fingerprint density at radius 3 is 2.47 bits per heavy atom. The fourth-order valence-corrected chi connectivity index (χ4v) is 4.76. The maximum absolute atomic E-state index is 13.5. The molecule has 0 radical (unpaired) electrons. The van der Waals surface area contributed by atoms with Gasteiger partial charge in [0.25, 0.3) is 11.8 Å². The molecule has 4 rings (SSSR count). The molecule has 1 fully saturated rings. The van der Waals surface area contributed by atoms with Crippen molar-refractivity contribution in [2.75, 3.05) is 4.90 Å². The lowest BCUT2D eigenvalue weighted by atomic mass is 10.1. The number of imide groups is 2. The third-order valence-electron chi connectivity index (χ3n) is 4.80. The number of halogens is 4. The highest BCUT2D eigenvalue weighted by Crippen LogP contribution is 2.35. The fourth-order valence-electron chi connectivity index (χ4n) is 3.26. The van der Waals surface area contributed by atoms with Gasteiger partial charge in [0.05, 0.1) is 10.2 Å². The van der Waals surface area contributed by atoms with Crippen molar-refractivity contribution in [1.82, 2.24) is 5.32 Å². The Morgan fingerprint density at radius 1 is 1.03 bits per heavy atom. The fraction of sp³-hybridized carbons (Fsp3) is 0.0417. The molecule has 172 valence electrons. The molecule has 0 saturated carbocycles. The molecule has 0 atom stereocenters. The summed E-state index contributed by atoms with van der Waals surface area (Å²) in [7, 11) is 0. The molecule has 1 heterocycles. The summed E-state index contributed by atoms with van der Waals surface area (Å²) in [4.78, 5) is 39.0. The molecule has 4 amide bonds. The number of rotatable bonds is 5. The molecule has 1 aliphatic heterocycles. The van der Waals surface area contributed by atoms with Gasteiger partial charge in [-0.2, -0.15) is 0 Å². The van der Waals surface area contributed by atoms with E-state index in [0.717, 1.165) is 4.90 Å². The number of anilines is 1. The zero-order valence-electron chi connectivity index (χ0n) is 17.2. The monoisotopic (exact) mass is 606 g/mol. The van der Waals surface area contributed by atoms with Crippen molar-refractivity contribution in [2.45, 2.75) is 6.61 Å². The summed E-state index contributed by atoms with van der Waals surface area (Å²) < 4.78 is 20.6. The molecule has 6 nitrogen and oxygen atoms in total. The van der Waals surface area contributed by atoms with Gasteiger partial charge >= 0.3 is 6.03 Å². The number of urea groups is 1.